The quantitative estimate of drug-likeness (QED) is 0.633. The lowest BCUT2D eigenvalue weighted by molar-refractivity contribution is -0.158. The van der Waals surface area contributed by atoms with E-state index in [2.05, 4.69) is 0 Å². The number of morpholine rings is 1. The Hall–Kier alpha value is -1.32. The Morgan fingerprint density at radius 1 is 1.08 bits per heavy atom. The monoisotopic (exact) mass is 360 g/mol. The average Bonchev–Trinajstić information content (AvgIpc) is 2.97. The third-order valence-corrected chi connectivity index (χ3v) is 5.26. The molecule has 2 fully saturated rings. The summed E-state index contributed by atoms with van der Waals surface area (Å²) >= 11 is 1.21. The van der Waals surface area contributed by atoms with Crippen LogP contribution in [0.2, 0.25) is 0 Å². The number of hydrogen-bond donors (Lipinski definition) is 0. The standard InChI is InChI=1S/C15H24N2O6S/c1-9-5-16(6-10(2)23-9)7-12(18)17-11(14(19)21-3)8-24-13(17)15(20)22-4/h9-11,13H,5-8H2,1-4H3/t9-,10+,11-,13-/m0/s1. The molecular formula is C15H24N2O6S. The van der Waals surface area contributed by atoms with Gasteiger partial charge in [0.25, 0.3) is 0 Å². The zero-order valence-corrected chi connectivity index (χ0v) is 15.2. The molecular weight excluding hydrogens is 336 g/mol. The molecule has 8 nitrogen and oxygen atoms in total. The summed E-state index contributed by atoms with van der Waals surface area (Å²) in [5, 5.41) is -0.817. The van der Waals surface area contributed by atoms with Gasteiger partial charge in [-0.3, -0.25) is 9.69 Å². The number of esters is 2. The summed E-state index contributed by atoms with van der Waals surface area (Å²) < 4.78 is 15.2. The Balaban J connectivity index is 2.11. The molecule has 2 aliphatic rings. The van der Waals surface area contributed by atoms with Crippen LogP contribution >= 0.6 is 11.8 Å². The third-order valence-electron chi connectivity index (χ3n) is 4.02. The van der Waals surface area contributed by atoms with Gasteiger partial charge in [-0.05, 0) is 13.8 Å². The zero-order valence-electron chi connectivity index (χ0n) is 14.4. The van der Waals surface area contributed by atoms with Crippen LogP contribution in [-0.2, 0) is 28.6 Å². The van der Waals surface area contributed by atoms with Crippen LogP contribution in [0.1, 0.15) is 13.8 Å². The van der Waals surface area contributed by atoms with E-state index in [-0.39, 0.29) is 24.7 Å². The molecule has 2 aliphatic heterocycles. The molecule has 0 N–H and O–H groups in total. The first kappa shape index (κ1) is 19.0. The second-order valence-corrected chi connectivity index (χ2v) is 7.11. The normalized spacial score (nSPS) is 30.9. The molecule has 2 heterocycles. The van der Waals surface area contributed by atoms with Gasteiger partial charge >= 0.3 is 11.9 Å². The minimum Gasteiger partial charge on any atom is -0.467 e. The van der Waals surface area contributed by atoms with Gasteiger partial charge in [-0.25, -0.2) is 9.59 Å². The molecule has 136 valence electrons. The topological polar surface area (TPSA) is 85.4 Å². The lowest BCUT2D eigenvalue weighted by Gasteiger charge is -2.36. The van der Waals surface area contributed by atoms with Crippen molar-refractivity contribution in [3.63, 3.8) is 0 Å². The summed E-state index contributed by atoms with van der Waals surface area (Å²) in [7, 11) is 2.54. The summed E-state index contributed by atoms with van der Waals surface area (Å²) in [6.07, 6.45) is 0.0598. The number of amides is 1. The molecule has 0 bridgehead atoms. The molecule has 1 amide bonds. The highest BCUT2D eigenvalue weighted by atomic mass is 32.2. The molecule has 0 spiro atoms. The summed E-state index contributed by atoms with van der Waals surface area (Å²) in [5.41, 5.74) is 0. The highest BCUT2D eigenvalue weighted by molar-refractivity contribution is 8.00. The Bertz CT molecular complexity index is 468. The maximum atomic E-state index is 12.8. The van der Waals surface area contributed by atoms with E-state index in [9.17, 15) is 14.4 Å². The lowest BCUT2D eigenvalue weighted by Crippen LogP contribution is -2.54. The molecule has 0 aliphatic carbocycles. The van der Waals surface area contributed by atoms with Crippen LogP contribution in [0.25, 0.3) is 0 Å². The second kappa shape index (κ2) is 8.17. The number of nitrogens with zero attached hydrogens (tertiary/aromatic N) is 2. The number of thioether (sulfide) groups is 1. The fraction of sp³-hybridized carbons (Fsp3) is 0.800. The molecule has 9 heteroatoms. The van der Waals surface area contributed by atoms with Gasteiger partial charge in [-0.2, -0.15) is 0 Å². The number of ether oxygens (including phenoxy) is 3. The van der Waals surface area contributed by atoms with E-state index in [0.717, 1.165) is 0 Å². The van der Waals surface area contributed by atoms with Crippen molar-refractivity contribution in [1.29, 1.82) is 0 Å². The van der Waals surface area contributed by atoms with Crippen molar-refractivity contribution in [2.45, 2.75) is 37.5 Å². The van der Waals surface area contributed by atoms with Gasteiger partial charge in [-0.15, -0.1) is 11.8 Å². The van der Waals surface area contributed by atoms with Crippen LogP contribution in [0, 0.1) is 0 Å². The van der Waals surface area contributed by atoms with Crippen molar-refractivity contribution in [3.05, 3.63) is 0 Å². The molecule has 4 atom stereocenters. The number of hydrogen-bond acceptors (Lipinski definition) is 8. The average molecular weight is 360 g/mol. The number of carbonyl (C=O) groups excluding carboxylic acids is 3. The van der Waals surface area contributed by atoms with Crippen LogP contribution in [0.15, 0.2) is 0 Å². The Labute approximate surface area is 145 Å². The first-order valence-electron chi connectivity index (χ1n) is 7.83. The van der Waals surface area contributed by atoms with Gasteiger partial charge in [0.2, 0.25) is 5.91 Å². The van der Waals surface area contributed by atoms with E-state index < -0.39 is 23.4 Å². The molecule has 2 saturated heterocycles. The Morgan fingerprint density at radius 3 is 2.21 bits per heavy atom. The highest BCUT2D eigenvalue weighted by Gasteiger charge is 2.46. The molecule has 0 aromatic rings. The van der Waals surface area contributed by atoms with E-state index >= 15 is 0 Å². The molecule has 0 saturated carbocycles. The summed E-state index contributed by atoms with van der Waals surface area (Å²) in [6.45, 7) is 5.28. The van der Waals surface area contributed by atoms with E-state index in [1.807, 2.05) is 18.7 Å². The summed E-state index contributed by atoms with van der Waals surface area (Å²) in [6, 6.07) is -0.771. The van der Waals surface area contributed by atoms with Gasteiger partial charge < -0.3 is 19.1 Å². The molecule has 2 rings (SSSR count). The maximum Gasteiger partial charge on any atom is 0.339 e. The lowest BCUT2D eigenvalue weighted by atomic mass is 10.2. The van der Waals surface area contributed by atoms with Crippen molar-refractivity contribution in [3.8, 4) is 0 Å². The predicted molar refractivity (Wildman–Crippen MR) is 87.4 cm³/mol. The zero-order chi connectivity index (χ0) is 17.9. The van der Waals surface area contributed by atoms with E-state index in [1.165, 1.54) is 30.9 Å². The van der Waals surface area contributed by atoms with Crippen molar-refractivity contribution < 1.29 is 28.6 Å². The fourth-order valence-corrected chi connectivity index (χ4v) is 4.42. The van der Waals surface area contributed by atoms with Crippen LogP contribution in [0.5, 0.6) is 0 Å². The van der Waals surface area contributed by atoms with Gasteiger partial charge in [0.05, 0.1) is 33.0 Å². The molecule has 24 heavy (non-hydrogen) atoms. The van der Waals surface area contributed by atoms with Crippen molar-refractivity contribution in [2.24, 2.45) is 0 Å². The molecule has 0 radical (unpaired) electrons. The van der Waals surface area contributed by atoms with Gasteiger partial charge in [-0.1, -0.05) is 0 Å². The Morgan fingerprint density at radius 2 is 1.67 bits per heavy atom. The first-order valence-corrected chi connectivity index (χ1v) is 8.88. The minimum absolute atomic E-state index is 0.0299. The van der Waals surface area contributed by atoms with Crippen LogP contribution in [0.3, 0.4) is 0 Å². The third kappa shape index (κ3) is 4.20. The van der Waals surface area contributed by atoms with Gasteiger partial charge in [0.15, 0.2) is 5.37 Å². The minimum atomic E-state index is -0.817. The number of methoxy groups -OCH3 is 2. The van der Waals surface area contributed by atoms with Gasteiger partial charge in [0, 0.05) is 18.8 Å². The maximum absolute atomic E-state index is 12.8. The van der Waals surface area contributed by atoms with E-state index in [1.54, 1.807) is 0 Å². The Kier molecular flexibility index (Phi) is 6.47. The second-order valence-electron chi connectivity index (χ2n) is 6.00. The van der Waals surface area contributed by atoms with Crippen molar-refractivity contribution in [2.75, 3.05) is 39.6 Å². The predicted octanol–water partition coefficient (Wildman–Crippen LogP) is -0.288. The molecule has 0 unspecified atom stereocenters. The van der Waals surface area contributed by atoms with E-state index in [0.29, 0.717) is 18.8 Å². The molecule has 0 aromatic heterocycles. The van der Waals surface area contributed by atoms with Crippen LogP contribution < -0.4 is 0 Å². The molecule has 0 aromatic carbocycles. The van der Waals surface area contributed by atoms with Crippen LogP contribution in [0.4, 0.5) is 0 Å². The van der Waals surface area contributed by atoms with Crippen molar-refractivity contribution in [1.82, 2.24) is 9.80 Å². The largest absolute Gasteiger partial charge is 0.467 e. The highest BCUT2D eigenvalue weighted by Crippen LogP contribution is 2.31. The number of carbonyl (C=O) groups is 3. The van der Waals surface area contributed by atoms with Crippen molar-refractivity contribution >= 4 is 29.6 Å². The first-order chi connectivity index (χ1) is 11.4. The van der Waals surface area contributed by atoms with E-state index in [4.69, 9.17) is 14.2 Å². The summed E-state index contributed by atoms with van der Waals surface area (Å²) in [5.74, 6) is -1.03. The fourth-order valence-electron chi connectivity index (χ4n) is 3.10. The van der Waals surface area contributed by atoms with Crippen LogP contribution in [-0.4, -0.2) is 90.9 Å². The smallest absolute Gasteiger partial charge is 0.339 e. The summed E-state index contributed by atoms with van der Waals surface area (Å²) in [4.78, 5) is 40.0. The van der Waals surface area contributed by atoms with Gasteiger partial charge in [0.1, 0.15) is 6.04 Å². The SMILES string of the molecule is COC(=O)[C@@H]1CS[C@@H](C(=O)OC)N1C(=O)CN1C[C@@H](C)O[C@@H](C)C1. The number of rotatable bonds is 4.